The van der Waals surface area contributed by atoms with Crippen LogP contribution in [-0.2, 0) is 10.8 Å². The van der Waals surface area contributed by atoms with Gasteiger partial charge in [0.2, 0.25) is 0 Å². The van der Waals surface area contributed by atoms with E-state index in [1.54, 1.807) is 0 Å². The van der Waals surface area contributed by atoms with E-state index >= 15 is 0 Å². The van der Waals surface area contributed by atoms with E-state index in [1.807, 2.05) is 48.5 Å². The monoisotopic (exact) mass is 774 g/mol. The summed E-state index contributed by atoms with van der Waals surface area (Å²) < 4.78 is 0. The number of hydrogen-bond donors (Lipinski definition) is 0. The van der Waals surface area contributed by atoms with Crippen LogP contribution in [0.3, 0.4) is 0 Å². The molecule has 4 aliphatic carbocycles. The molecule has 290 valence electrons. The SMILES string of the molecule is Cc1cc(C23CC4CC(C2)CC(c2ccc(-c5ccc6c(-c7nc(-c8ccccc8)nc(-c8ccccc8)n7)cccc6c5)c(C)c2)(C4)C3)ccc1-c1ccc(C#N)cc1. The molecular weight excluding hydrogens is 729 g/mol. The highest BCUT2D eigenvalue weighted by molar-refractivity contribution is 5.98. The molecule has 1 heterocycles. The molecule has 4 aliphatic rings. The third-order valence-electron chi connectivity index (χ3n) is 14.2. The van der Waals surface area contributed by atoms with Crippen molar-refractivity contribution in [3.05, 3.63) is 186 Å². The van der Waals surface area contributed by atoms with Gasteiger partial charge in [-0.1, -0.05) is 140 Å². The Morgan fingerprint density at radius 3 is 1.57 bits per heavy atom. The van der Waals surface area contributed by atoms with Crippen LogP contribution in [-0.4, -0.2) is 15.0 Å². The molecule has 0 amide bonds. The Labute approximate surface area is 352 Å². The van der Waals surface area contributed by atoms with E-state index in [1.165, 1.54) is 88.4 Å². The third-order valence-corrected chi connectivity index (χ3v) is 14.2. The fraction of sp³-hybridized carbons (Fsp3) is 0.214. The molecule has 4 heteroatoms. The maximum Gasteiger partial charge on any atom is 0.164 e. The van der Waals surface area contributed by atoms with Gasteiger partial charge in [-0.25, -0.2) is 15.0 Å². The zero-order valence-corrected chi connectivity index (χ0v) is 34.2. The second kappa shape index (κ2) is 14.2. The van der Waals surface area contributed by atoms with Crippen molar-refractivity contribution in [1.29, 1.82) is 5.26 Å². The summed E-state index contributed by atoms with van der Waals surface area (Å²) in [7, 11) is 0. The summed E-state index contributed by atoms with van der Waals surface area (Å²) in [4.78, 5) is 15.0. The lowest BCUT2D eigenvalue weighted by Gasteiger charge is -2.63. The number of benzene rings is 7. The first-order valence-corrected chi connectivity index (χ1v) is 21.5. The second-order valence-electron chi connectivity index (χ2n) is 18.1. The van der Waals surface area contributed by atoms with E-state index in [4.69, 9.17) is 15.0 Å². The summed E-state index contributed by atoms with van der Waals surface area (Å²) >= 11 is 0. The number of nitrogens with zero attached hydrogens (tertiary/aromatic N) is 4. The molecule has 60 heavy (non-hydrogen) atoms. The van der Waals surface area contributed by atoms with Crippen LogP contribution in [0.4, 0.5) is 0 Å². The van der Waals surface area contributed by atoms with Crippen LogP contribution < -0.4 is 0 Å². The highest BCUT2D eigenvalue weighted by atomic mass is 15.0. The second-order valence-corrected chi connectivity index (χ2v) is 18.1. The molecule has 1 aromatic heterocycles. The van der Waals surface area contributed by atoms with Gasteiger partial charge in [0.15, 0.2) is 17.5 Å². The van der Waals surface area contributed by atoms with E-state index in [-0.39, 0.29) is 10.8 Å². The first kappa shape index (κ1) is 36.4. The van der Waals surface area contributed by atoms with Gasteiger partial charge in [-0.05, 0) is 149 Å². The van der Waals surface area contributed by atoms with Crippen molar-refractivity contribution in [2.45, 2.75) is 63.2 Å². The van der Waals surface area contributed by atoms with Crippen LogP contribution in [0.5, 0.6) is 0 Å². The average molecular weight is 775 g/mol. The molecule has 0 N–H and O–H groups in total. The van der Waals surface area contributed by atoms with E-state index in [9.17, 15) is 5.26 Å². The van der Waals surface area contributed by atoms with Gasteiger partial charge in [-0.2, -0.15) is 5.26 Å². The molecule has 4 fully saturated rings. The van der Waals surface area contributed by atoms with Crippen molar-refractivity contribution >= 4 is 10.8 Å². The van der Waals surface area contributed by atoms with Gasteiger partial charge in [0, 0.05) is 16.7 Å². The van der Waals surface area contributed by atoms with E-state index in [0.29, 0.717) is 23.0 Å². The standard InChI is InChI=1S/C56H46N4/c1-36-26-46(21-24-48(36)41-18-16-38(34-57)17-19-41)55-30-39-28-40(31-55)33-56(32-39,35-55)47-22-25-49(37(2)27-47)45-20-23-50-44(29-45)14-9-15-51(50)54-59-52(42-10-5-3-6-11-42)58-53(60-54)43-12-7-4-8-13-43/h3-27,29,39-40H,28,30-33,35H2,1-2H3. The van der Waals surface area contributed by atoms with Crippen LogP contribution in [0.2, 0.25) is 0 Å². The summed E-state index contributed by atoms with van der Waals surface area (Å²) in [6.45, 7) is 4.57. The van der Waals surface area contributed by atoms with Crippen molar-refractivity contribution in [3.63, 3.8) is 0 Å². The molecule has 12 rings (SSSR count). The van der Waals surface area contributed by atoms with E-state index in [0.717, 1.165) is 33.9 Å². The zero-order valence-electron chi connectivity index (χ0n) is 34.2. The smallest absolute Gasteiger partial charge is 0.164 e. The molecular formula is C56H46N4. The van der Waals surface area contributed by atoms with Gasteiger partial charge < -0.3 is 0 Å². The number of aryl methyl sites for hydroxylation is 2. The topological polar surface area (TPSA) is 62.5 Å². The Hall–Kier alpha value is -6.70. The highest BCUT2D eigenvalue weighted by Crippen LogP contribution is 2.66. The van der Waals surface area contributed by atoms with Crippen molar-refractivity contribution in [2.75, 3.05) is 0 Å². The lowest BCUT2D eigenvalue weighted by molar-refractivity contribution is -0.0281. The van der Waals surface area contributed by atoms with Gasteiger partial charge in [0.05, 0.1) is 11.6 Å². The predicted octanol–water partition coefficient (Wildman–Crippen LogP) is 13.6. The molecule has 4 saturated carbocycles. The maximum absolute atomic E-state index is 9.31. The maximum atomic E-state index is 9.31. The third kappa shape index (κ3) is 6.23. The number of hydrogen-bond acceptors (Lipinski definition) is 4. The summed E-state index contributed by atoms with van der Waals surface area (Å²) in [5.74, 6) is 3.56. The molecule has 0 saturated heterocycles. The first-order chi connectivity index (χ1) is 29.3. The van der Waals surface area contributed by atoms with Gasteiger partial charge in [0.1, 0.15) is 0 Å². The Morgan fingerprint density at radius 1 is 0.483 bits per heavy atom. The molecule has 2 atom stereocenters. The molecule has 7 aromatic carbocycles. The Morgan fingerprint density at radius 2 is 1.02 bits per heavy atom. The van der Waals surface area contributed by atoms with Crippen molar-refractivity contribution in [2.24, 2.45) is 11.8 Å². The normalized spacial score (nSPS) is 21.6. The average Bonchev–Trinajstić information content (AvgIpc) is 3.28. The van der Waals surface area contributed by atoms with Crippen LogP contribution in [0.25, 0.3) is 67.2 Å². The van der Waals surface area contributed by atoms with Crippen molar-refractivity contribution < 1.29 is 0 Å². The number of nitriles is 1. The number of fused-ring (bicyclic) bond motifs is 1. The van der Waals surface area contributed by atoms with Gasteiger partial charge in [0.25, 0.3) is 0 Å². The van der Waals surface area contributed by atoms with Crippen molar-refractivity contribution in [3.8, 4) is 62.5 Å². The van der Waals surface area contributed by atoms with E-state index in [2.05, 4.69) is 129 Å². The predicted molar refractivity (Wildman–Crippen MR) is 243 cm³/mol. The zero-order chi connectivity index (χ0) is 40.4. The van der Waals surface area contributed by atoms with Gasteiger partial charge in [-0.3, -0.25) is 0 Å². The first-order valence-electron chi connectivity index (χ1n) is 21.5. The lowest BCUT2D eigenvalue weighted by Crippen LogP contribution is -2.56. The number of aromatic nitrogens is 3. The van der Waals surface area contributed by atoms with Crippen LogP contribution in [0.1, 0.15) is 66.3 Å². The molecule has 0 spiro atoms. The minimum absolute atomic E-state index is 0.215. The molecule has 2 unspecified atom stereocenters. The largest absolute Gasteiger partial charge is 0.208 e. The summed E-state index contributed by atoms with van der Waals surface area (Å²) in [6, 6.07) is 58.6. The lowest BCUT2D eigenvalue weighted by atomic mass is 9.41. The minimum atomic E-state index is 0.215. The fourth-order valence-corrected chi connectivity index (χ4v) is 11.9. The Kier molecular flexibility index (Phi) is 8.64. The quantitative estimate of drug-likeness (QED) is 0.162. The molecule has 0 aliphatic heterocycles. The molecule has 4 nitrogen and oxygen atoms in total. The minimum Gasteiger partial charge on any atom is -0.208 e. The van der Waals surface area contributed by atoms with Gasteiger partial charge in [-0.15, -0.1) is 0 Å². The molecule has 0 radical (unpaired) electrons. The highest BCUT2D eigenvalue weighted by Gasteiger charge is 2.58. The number of rotatable bonds is 7. The van der Waals surface area contributed by atoms with Crippen LogP contribution >= 0.6 is 0 Å². The van der Waals surface area contributed by atoms with Crippen LogP contribution in [0.15, 0.2) is 158 Å². The fourth-order valence-electron chi connectivity index (χ4n) is 11.9. The van der Waals surface area contributed by atoms with Crippen LogP contribution in [0, 0.1) is 37.0 Å². The summed E-state index contributed by atoms with van der Waals surface area (Å²) in [6.07, 6.45) is 7.84. The summed E-state index contributed by atoms with van der Waals surface area (Å²) in [5, 5.41) is 11.6. The Balaban J connectivity index is 0.914. The molecule has 8 aromatic rings. The molecule has 4 bridgehead atoms. The van der Waals surface area contributed by atoms with E-state index < -0.39 is 0 Å². The summed E-state index contributed by atoms with van der Waals surface area (Å²) in [5.41, 5.74) is 14.8. The Bertz CT molecular complexity index is 2910. The van der Waals surface area contributed by atoms with Crippen molar-refractivity contribution in [1.82, 2.24) is 15.0 Å². The van der Waals surface area contributed by atoms with Gasteiger partial charge >= 0.3 is 0 Å².